The van der Waals surface area contributed by atoms with Crippen molar-refractivity contribution in [3.8, 4) is 5.69 Å². The summed E-state index contributed by atoms with van der Waals surface area (Å²) in [6.07, 6.45) is 2.93. The first-order chi connectivity index (χ1) is 9.28. The topological polar surface area (TPSA) is 29.9 Å². The Labute approximate surface area is 115 Å². The number of halogens is 3. The number of aromatic nitrogens is 2. The predicted molar refractivity (Wildman–Crippen MR) is 70.0 cm³/mol. The van der Waals surface area contributed by atoms with Gasteiger partial charge in [0.2, 0.25) is 0 Å². The molecule has 108 valence electrons. The Morgan fingerprint density at radius 2 is 1.75 bits per heavy atom. The van der Waals surface area contributed by atoms with Crippen LogP contribution in [0.2, 0.25) is 0 Å². The van der Waals surface area contributed by atoms with Crippen LogP contribution in [-0.4, -0.2) is 15.1 Å². The average molecular weight is 283 g/mol. The van der Waals surface area contributed by atoms with E-state index in [9.17, 15) is 13.2 Å². The van der Waals surface area contributed by atoms with Crippen LogP contribution in [0.3, 0.4) is 0 Å². The zero-order valence-corrected chi connectivity index (χ0v) is 11.5. The fourth-order valence-corrected chi connectivity index (χ4v) is 1.72. The van der Waals surface area contributed by atoms with Gasteiger partial charge in [-0.3, -0.25) is 4.57 Å². The van der Waals surface area contributed by atoms with Crippen LogP contribution in [0.15, 0.2) is 24.7 Å². The minimum Gasteiger partial charge on any atom is -0.306 e. The van der Waals surface area contributed by atoms with E-state index in [2.05, 4.69) is 10.3 Å². The zero-order valence-electron chi connectivity index (χ0n) is 11.5. The van der Waals surface area contributed by atoms with Gasteiger partial charge in [-0.15, -0.1) is 0 Å². The second-order valence-corrected chi connectivity index (χ2v) is 5.58. The highest BCUT2D eigenvalue weighted by Gasteiger charge is 2.15. The van der Waals surface area contributed by atoms with Crippen LogP contribution in [0.25, 0.3) is 5.69 Å². The Kier molecular flexibility index (Phi) is 3.85. The van der Waals surface area contributed by atoms with Crippen LogP contribution < -0.4 is 5.32 Å². The lowest BCUT2D eigenvalue weighted by Crippen LogP contribution is -2.35. The fraction of sp³-hybridized carbons (Fsp3) is 0.357. The van der Waals surface area contributed by atoms with E-state index in [-0.39, 0.29) is 11.2 Å². The smallest absolute Gasteiger partial charge is 0.161 e. The molecule has 0 fully saturated rings. The molecule has 0 bridgehead atoms. The highest BCUT2D eigenvalue weighted by molar-refractivity contribution is 5.36. The predicted octanol–water partition coefficient (Wildman–Crippen LogP) is 3.18. The fourth-order valence-electron chi connectivity index (χ4n) is 1.72. The second kappa shape index (κ2) is 5.28. The molecule has 0 saturated heterocycles. The Morgan fingerprint density at radius 1 is 1.10 bits per heavy atom. The van der Waals surface area contributed by atoms with Crippen molar-refractivity contribution >= 4 is 0 Å². The first-order valence-electron chi connectivity index (χ1n) is 6.19. The molecular formula is C14H16F3N3. The Morgan fingerprint density at radius 3 is 2.40 bits per heavy atom. The van der Waals surface area contributed by atoms with Crippen LogP contribution in [0.1, 0.15) is 26.5 Å². The normalized spacial score (nSPS) is 11.9. The molecule has 1 aromatic heterocycles. The van der Waals surface area contributed by atoms with Gasteiger partial charge in [0.1, 0.15) is 5.82 Å². The maximum atomic E-state index is 13.8. The summed E-state index contributed by atoms with van der Waals surface area (Å²) in [5.41, 5.74) is 0.471. The van der Waals surface area contributed by atoms with Crippen molar-refractivity contribution in [2.75, 3.05) is 0 Å². The Hall–Kier alpha value is -1.82. The maximum Gasteiger partial charge on any atom is 0.161 e. The Bertz CT molecular complexity index is 615. The summed E-state index contributed by atoms with van der Waals surface area (Å²) in [6.45, 7) is 6.41. The van der Waals surface area contributed by atoms with Crippen LogP contribution in [0.4, 0.5) is 13.2 Å². The molecule has 6 heteroatoms. The summed E-state index contributed by atoms with van der Waals surface area (Å²) in [5.74, 6) is -3.13. The van der Waals surface area contributed by atoms with E-state index in [0.29, 0.717) is 18.3 Å². The quantitative estimate of drug-likeness (QED) is 0.877. The van der Waals surface area contributed by atoms with Gasteiger partial charge in [-0.2, -0.15) is 0 Å². The van der Waals surface area contributed by atoms with Crippen LogP contribution >= 0.6 is 0 Å². The number of imidazole rings is 1. The summed E-state index contributed by atoms with van der Waals surface area (Å²) in [6, 6.07) is 1.36. The van der Waals surface area contributed by atoms with Crippen molar-refractivity contribution in [1.29, 1.82) is 0 Å². The molecule has 1 aromatic carbocycles. The van der Waals surface area contributed by atoms with Gasteiger partial charge < -0.3 is 5.32 Å². The average Bonchev–Trinajstić information content (AvgIpc) is 2.78. The first kappa shape index (κ1) is 14.6. The number of hydrogen-bond donors (Lipinski definition) is 1. The first-order valence-corrected chi connectivity index (χ1v) is 6.19. The molecule has 1 heterocycles. The van der Waals surface area contributed by atoms with Crippen molar-refractivity contribution in [2.45, 2.75) is 32.9 Å². The van der Waals surface area contributed by atoms with Crippen molar-refractivity contribution in [3.63, 3.8) is 0 Å². The summed E-state index contributed by atoms with van der Waals surface area (Å²) < 4.78 is 41.4. The van der Waals surface area contributed by atoms with E-state index in [4.69, 9.17) is 0 Å². The minimum atomic E-state index is -1.21. The SMILES string of the molecule is CC(C)(C)NCc1cncn1-c1cc(F)c(F)cc1F. The lowest BCUT2D eigenvalue weighted by Gasteiger charge is -2.21. The highest BCUT2D eigenvalue weighted by atomic mass is 19.2. The molecule has 0 unspecified atom stereocenters. The van der Waals surface area contributed by atoms with Gasteiger partial charge in [0.15, 0.2) is 11.6 Å². The van der Waals surface area contributed by atoms with Gasteiger partial charge in [0, 0.05) is 30.4 Å². The zero-order chi connectivity index (χ0) is 14.9. The standard InChI is InChI=1S/C14H16F3N3/c1-14(2,3)19-7-9-6-18-8-20(9)13-5-11(16)10(15)4-12(13)17/h4-6,8,19H,7H2,1-3H3. The van der Waals surface area contributed by atoms with Crippen molar-refractivity contribution < 1.29 is 13.2 Å². The van der Waals surface area contributed by atoms with Crippen molar-refractivity contribution in [1.82, 2.24) is 14.9 Å². The van der Waals surface area contributed by atoms with Gasteiger partial charge in [-0.1, -0.05) is 0 Å². The molecule has 0 aliphatic rings. The summed E-state index contributed by atoms with van der Waals surface area (Å²) in [5, 5.41) is 3.23. The third-order valence-corrected chi connectivity index (χ3v) is 2.76. The molecule has 0 saturated carbocycles. The number of hydrogen-bond acceptors (Lipinski definition) is 2. The van der Waals surface area contributed by atoms with E-state index < -0.39 is 17.5 Å². The lowest BCUT2D eigenvalue weighted by atomic mass is 10.1. The summed E-state index contributed by atoms with van der Waals surface area (Å²) >= 11 is 0. The van der Waals surface area contributed by atoms with Gasteiger partial charge in [0.05, 0.1) is 17.7 Å². The highest BCUT2D eigenvalue weighted by Crippen LogP contribution is 2.19. The summed E-state index contributed by atoms with van der Waals surface area (Å²) in [7, 11) is 0. The van der Waals surface area contributed by atoms with E-state index in [1.807, 2.05) is 20.8 Å². The van der Waals surface area contributed by atoms with Gasteiger partial charge in [-0.25, -0.2) is 18.2 Å². The molecule has 0 aliphatic heterocycles. The van der Waals surface area contributed by atoms with Crippen molar-refractivity contribution in [2.24, 2.45) is 0 Å². The molecule has 2 aromatic rings. The van der Waals surface area contributed by atoms with Crippen LogP contribution in [0, 0.1) is 17.5 Å². The molecule has 0 aliphatic carbocycles. The van der Waals surface area contributed by atoms with E-state index in [0.717, 1.165) is 6.07 Å². The monoisotopic (exact) mass is 283 g/mol. The van der Waals surface area contributed by atoms with E-state index in [1.165, 1.54) is 10.9 Å². The third-order valence-electron chi connectivity index (χ3n) is 2.76. The largest absolute Gasteiger partial charge is 0.306 e. The summed E-state index contributed by atoms with van der Waals surface area (Å²) in [4.78, 5) is 3.93. The number of benzene rings is 1. The van der Waals surface area contributed by atoms with Gasteiger partial charge in [0.25, 0.3) is 0 Å². The third kappa shape index (κ3) is 3.19. The number of nitrogens with one attached hydrogen (secondary N) is 1. The molecule has 2 rings (SSSR count). The molecule has 3 nitrogen and oxygen atoms in total. The number of rotatable bonds is 3. The van der Waals surface area contributed by atoms with Crippen LogP contribution in [0.5, 0.6) is 0 Å². The molecule has 1 N–H and O–H groups in total. The van der Waals surface area contributed by atoms with E-state index in [1.54, 1.807) is 6.20 Å². The van der Waals surface area contributed by atoms with Gasteiger partial charge in [-0.05, 0) is 20.8 Å². The molecule has 0 amide bonds. The molecule has 0 spiro atoms. The second-order valence-electron chi connectivity index (χ2n) is 5.58. The maximum absolute atomic E-state index is 13.8. The molecular weight excluding hydrogens is 267 g/mol. The number of nitrogens with zero attached hydrogens (tertiary/aromatic N) is 2. The molecule has 20 heavy (non-hydrogen) atoms. The van der Waals surface area contributed by atoms with Gasteiger partial charge >= 0.3 is 0 Å². The lowest BCUT2D eigenvalue weighted by molar-refractivity contribution is 0.419. The Balaban J connectivity index is 2.35. The molecule has 0 atom stereocenters. The van der Waals surface area contributed by atoms with E-state index >= 15 is 0 Å². The van der Waals surface area contributed by atoms with Crippen molar-refractivity contribution in [3.05, 3.63) is 47.8 Å². The minimum absolute atomic E-state index is 0.0629. The van der Waals surface area contributed by atoms with Crippen LogP contribution in [-0.2, 0) is 6.54 Å². The molecule has 0 radical (unpaired) electrons.